The predicted octanol–water partition coefficient (Wildman–Crippen LogP) is 1.69. The number of aliphatic imine (C=N–C) groups is 1. The molecule has 0 amide bonds. The highest BCUT2D eigenvalue weighted by Gasteiger charge is 2.13. The Labute approximate surface area is 125 Å². The molecule has 110 valence electrons. The minimum atomic E-state index is 0.757. The number of likely N-dealkylation sites (N-methyl/N-ethyl adjacent to an activating group) is 1. The van der Waals surface area contributed by atoms with Crippen LogP contribution in [0.15, 0.2) is 35.3 Å². The lowest BCUT2D eigenvalue weighted by Gasteiger charge is -2.18. The maximum absolute atomic E-state index is 4.69. The van der Waals surface area contributed by atoms with Crippen LogP contribution in [-0.4, -0.2) is 50.1 Å². The SMILES string of the molecule is CN1CCN=C1NCc1cc(N(C)C)nc2ccccc12. The van der Waals surface area contributed by atoms with Crippen molar-refractivity contribution < 1.29 is 0 Å². The topological polar surface area (TPSA) is 43.8 Å². The Morgan fingerprint density at radius 3 is 2.81 bits per heavy atom. The maximum atomic E-state index is 4.69. The van der Waals surface area contributed by atoms with Gasteiger partial charge in [0.25, 0.3) is 0 Å². The molecule has 5 nitrogen and oxygen atoms in total. The Morgan fingerprint density at radius 2 is 2.10 bits per heavy atom. The number of benzene rings is 1. The zero-order chi connectivity index (χ0) is 14.8. The van der Waals surface area contributed by atoms with Gasteiger partial charge in [-0.25, -0.2) is 4.98 Å². The predicted molar refractivity (Wildman–Crippen MR) is 87.8 cm³/mol. The Balaban J connectivity index is 1.92. The van der Waals surface area contributed by atoms with Gasteiger partial charge in [-0.3, -0.25) is 4.99 Å². The molecule has 0 saturated heterocycles. The number of guanidine groups is 1. The molecular formula is C16H21N5. The lowest BCUT2D eigenvalue weighted by atomic mass is 10.1. The second-order valence-electron chi connectivity index (χ2n) is 5.53. The van der Waals surface area contributed by atoms with E-state index in [1.165, 1.54) is 10.9 Å². The van der Waals surface area contributed by atoms with Crippen molar-refractivity contribution in [2.75, 3.05) is 39.1 Å². The summed E-state index contributed by atoms with van der Waals surface area (Å²) in [6.07, 6.45) is 0. The summed E-state index contributed by atoms with van der Waals surface area (Å²) in [5.41, 5.74) is 2.27. The zero-order valence-electron chi connectivity index (χ0n) is 12.8. The smallest absolute Gasteiger partial charge is 0.194 e. The summed E-state index contributed by atoms with van der Waals surface area (Å²) < 4.78 is 0. The Kier molecular flexibility index (Phi) is 3.64. The van der Waals surface area contributed by atoms with E-state index in [1.807, 2.05) is 25.1 Å². The van der Waals surface area contributed by atoms with Gasteiger partial charge in [-0.2, -0.15) is 0 Å². The summed E-state index contributed by atoms with van der Waals surface area (Å²) in [6.45, 7) is 2.62. The van der Waals surface area contributed by atoms with Crippen LogP contribution in [-0.2, 0) is 6.54 Å². The van der Waals surface area contributed by atoms with Gasteiger partial charge < -0.3 is 15.1 Å². The van der Waals surface area contributed by atoms with E-state index in [4.69, 9.17) is 0 Å². The van der Waals surface area contributed by atoms with Crippen LogP contribution in [0.3, 0.4) is 0 Å². The van der Waals surface area contributed by atoms with E-state index in [1.54, 1.807) is 0 Å². The number of fused-ring (bicyclic) bond motifs is 1. The van der Waals surface area contributed by atoms with Crippen molar-refractivity contribution in [2.24, 2.45) is 4.99 Å². The highest BCUT2D eigenvalue weighted by atomic mass is 15.3. The summed E-state index contributed by atoms with van der Waals surface area (Å²) in [7, 11) is 6.10. The molecule has 0 aliphatic carbocycles. The van der Waals surface area contributed by atoms with Crippen molar-refractivity contribution in [3.05, 3.63) is 35.9 Å². The standard InChI is InChI=1S/C16H21N5/c1-20(2)15-10-12(11-18-16-17-8-9-21(16)3)13-6-4-5-7-14(13)19-15/h4-7,10H,8-9,11H2,1-3H3,(H,17,18). The molecule has 1 aromatic heterocycles. The van der Waals surface area contributed by atoms with Gasteiger partial charge in [0.15, 0.2) is 5.96 Å². The minimum Gasteiger partial charge on any atom is -0.363 e. The minimum absolute atomic E-state index is 0.757. The van der Waals surface area contributed by atoms with Crippen LogP contribution >= 0.6 is 0 Å². The normalized spacial score (nSPS) is 14.4. The summed E-state index contributed by atoms with van der Waals surface area (Å²) in [6, 6.07) is 10.4. The number of hydrogen-bond acceptors (Lipinski definition) is 5. The summed E-state index contributed by atoms with van der Waals surface area (Å²) in [5.74, 6) is 1.95. The molecule has 0 fully saturated rings. The molecule has 1 aliphatic heterocycles. The third-order valence-electron chi connectivity index (χ3n) is 3.74. The first-order valence-corrected chi connectivity index (χ1v) is 7.20. The van der Waals surface area contributed by atoms with E-state index in [-0.39, 0.29) is 0 Å². The number of pyridine rings is 1. The van der Waals surface area contributed by atoms with Gasteiger partial charge in [0.05, 0.1) is 12.1 Å². The van der Waals surface area contributed by atoms with E-state index in [2.05, 4.69) is 51.5 Å². The van der Waals surface area contributed by atoms with Crippen LogP contribution in [0, 0.1) is 0 Å². The molecule has 3 rings (SSSR count). The van der Waals surface area contributed by atoms with E-state index < -0.39 is 0 Å². The van der Waals surface area contributed by atoms with Crippen LogP contribution < -0.4 is 10.2 Å². The fourth-order valence-electron chi connectivity index (χ4n) is 2.50. The average Bonchev–Trinajstić information content (AvgIpc) is 2.89. The Hall–Kier alpha value is -2.30. The first kappa shape index (κ1) is 13.7. The molecule has 0 bridgehead atoms. The van der Waals surface area contributed by atoms with Crippen molar-refractivity contribution in [3.63, 3.8) is 0 Å². The highest BCUT2D eigenvalue weighted by Crippen LogP contribution is 2.22. The van der Waals surface area contributed by atoms with E-state index >= 15 is 0 Å². The number of anilines is 1. The van der Waals surface area contributed by atoms with E-state index in [0.717, 1.165) is 36.9 Å². The molecule has 0 atom stereocenters. The molecule has 1 N–H and O–H groups in total. The lowest BCUT2D eigenvalue weighted by molar-refractivity contribution is 0.534. The Bertz CT molecular complexity index is 677. The molecule has 0 spiro atoms. The first-order chi connectivity index (χ1) is 10.1. The van der Waals surface area contributed by atoms with Crippen LogP contribution in [0.4, 0.5) is 5.82 Å². The third-order valence-corrected chi connectivity index (χ3v) is 3.74. The van der Waals surface area contributed by atoms with Gasteiger partial charge in [0.2, 0.25) is 0 Å². The Morgan fingerprint density at radius 1 is 1.29 bits per heavy atom. The fourth-order valence-corrected chi connectivity index (χ4v) is 2.50. The van der Waals surface area contributed by atoms with Crippen LogP contribution in [0.2, 0.25) is 0 Å². The quantitative estimate of drug-likeness (QED) is 0.931. The largest absolute Gasteiger partial charge is 0.363 e. The van der Waals surface area contributed by atoms with Crippen molar-refractivity contribution >= 4 is 22.7 Å². The molecular weight excluding hydrogens is 262 g/mol. The highest BCUT2D eigenvalue weighted by molar-refractivity contribution is 5.85. The van der Waals surface area contributed by atoms with Crippen molar-refractivity contribution in [3.8, 4) is 0 Å². The number of aromatic nitrogens is 1. The van der Waals surface area contributed by atoms with Crippen LogP contribution in [0.5, 0.6) is 0 Å². The molecule has 2 aromatic rings. The van der Waals surface area contributed by atoms with Gasteiger partial charge >= 0.3 is 0 Å². The molecule has 0 unspecified atom stereocenters. The fraction of sp³-hybridized carbons (Fsp3) is 0.375. The summed E-state index contributed by atoms with van der Waals surface area (Å²) in [5, 5.41) is 4.63. The van der Waals surface area contributed by atoms with Gasteiger partial charge in [-0.05, 0) is 17.7 Å². The lowest BCUT2D eigenvalue weighted by Crippen LogP contribution is -2.35. The number of hydrogen-bond donors (Lipinski definition) is 1. The van der Waals surface area contributed by atoms with Crippen molar-refractivity contribution in [1.29, 1.82) is 0 Å². The molecule has 0 radical (unpaired) electrons. The number of nitrogens with one attached hydrogen (secondary N) is 1. The van der Waals surface area contributed by atoms with E-state index in [0.29, 0.717) is 0 Å². The van der Waals surface area contributed by atoms with Gasteiger partial charge in [-0.1, -0.05) is 18.2 Å². The molecule has 21 heavy (non-hydrogen) atoms. The first-order valence-electron chi connectivity index (χ1n) is 7.20. The number of nitrogens with zero attached hydrogens (tertiary/aromatic N) is 4. The summed E-state index contributed by atoms with van der Waals surface area (Å²) in [4.78, 5) is 13.3. The summed E-state index contributed by atoms with van der Waals surface area (Å²) >= 11 is 0. The molecule has 5 heteroatoms. The molecule has 1 aromatic carbocycles. The van der Waals surface area contributed by atoms with Gasteiger partial charge in [-0.15, -0.1) is 0 Å². The second kappa shape index (κ2) is 5.60. The van der Waals surface area contributed by atoms with Gasteiger partial charge in [0.1, 0.15) is 5.82 Å². The zero-order valence-corrected chi connectivity index (χ0v) is 12.8. The molecule has 2 heterocycles. The third kappa shape index (κ3) is 2.77. The van der Waals surface area contributed by atoms with Crippen molar-refractivity contribution in [1.82, 2.24) is 15.2 Å². The molecule has 1 aliphatic rings. The van der Waals surface area contributed by atoms with Crippen LogP contribution in [0.1, 0.15) is 5.56 Å². The second-order valence-corrected chi connectivity index (χ2v) is 5.53. The van der Waals surface area contributed by atoms with Crippen molar-refractivity contribution in [2.45, 2.75) is 6.54 Å². The van der Waals surface area contributed by atoms with E-state index in [9.17, 15) is 0 Å². The maximum Gasteiger partial charge on any atom is 0.194 e. The average molecular weight is 283 g/mol. The van der Waals surface area contributed by atoms with Crippen LogP contribution in [0.25, 0.3) is 10.9 Å². The monoisotopic (exact) mass is 283 g/mol. The van der Waals surface area contributed by atoms with Gasteiger partial charge in [0, 0.05) is 39.6 Å². The number of para-hydroxylation sites is 1. The number of rotatable bonds is 3. The molecule has 0 saturated carbocycles.